The molecular formula is C22H46S2. The van der Waals surface area contributed by atoms with E-state index in [2.05, 4.69) is 32.2 Å². The minimum atomic E-state index is 0.288. The fourth-order valence-electron chi connectivity index (χ4n) is 3.41. The Hall–Kier alpha value is 0.700. The van der Waals surface area contributed by atoms with Crippen molar-refractivity contribution in [1.29, 1.82) is 0 Å². The highest BCUT2D eigenvalue weighted by atomic mass is 32.2. The third-order valence-electron chi connectivity index (χ3n) is 5.07. The van der Waals surface area contributed by atoms with Crippen molar-refractivity contribution < 1.29 is 0 Å². The molecule has 0 radical (unpaired) electrons. The second kappa shape index (κ2) is 21.7. The van der Waals surface area contributed by atoms with Crippen LogP contribution in [0.2, 0.25) is 0 Å². The minimum absolute atomic E-state index is 0.288. The van der Waals surface area contributed by atoms with Crippen molar-refractivity contribution in [2.45, 2.75) is 140 Å². The third-order valence-corrected chi connectivity index (χ3v) is 5.58. The third kappa shape index (κ3) is 22.7. The van der Waals surface area contributed by atoms with Gasteiger partial charge in [-0.15, -0.1) is 0 Å². The van der Waals surface area contributed by atoms with Gasteiger partial charge in [0.25, 0.3) is 0 Å². The van der Waals surface area contributed by atoms with Crippen molar-refractivity contribution in [3.8, 4) is 0 Å². The molecule has 0 aliphatic rings. The second-order valence-corrected chi connectivity index (χ2v) is 9.29. The summed E-state index contributed by atoms with van der Waals surface area (Å²) in [5.74, 6) is 0. The van der Waals surface area contributed by atoms with Crippen LogP contribution in [-0.2, 0) is 0 Å². The molecule has 0 rings (SSSR count). The zero-order valence-corrected chi connectivity index (χ0v) is 18.4. The molecule has 0 unspecified atom stereocenters. The Bertz CT molecular complexity index is 216. The number of unbranched alkanes of at least 4 members (excludes halogenated alkanes) is 18. The lowest BCUT2D eigenvalue weighted by Crippen LogP contribution is -1.87. The minimum Gasteiger partial charge on any atom is -0.165 e. The lowest BCUT2D eigenvalue weighted by Gasteiger charge is -2.04. The van der Waals surface area contributed by atoms with Crippen LogP contribution in [0.4, 0.5) is 0 Å². The lowest BCUT2D eigenvalue weighted by molar-refractivity contribution is 0.523. The van der Waals surface area contributed by atoms with Gasteiger partial charge in [0.15, 0.2) is 0 Å². The molecule has 0 bridgehead atoms. The average molecular weight is 375 g/mol. The van der Waals surface area contributed by atoms with Crippen LogP contribution in [-0.4, -0.2) is 4.58 Å². The molecule has 146 valence electrons. The molecule has 0 nitrogen and oxygen atoms in total. The Morgan fingerprint density at radius 3 is 0.917 bits per heavy atom. The largest absolute Gasteiger partial charge is 0.165 e. The van der Waals surface area contributed by atoms with Crippen LogP contribution in [0.1, 0.15) is 135 Å². The van der Waals surface area contributed by atoms with E-state index in [1.54, 1.807) is 0 Å². The first-order valence-corrected chi connectivity index (χ1v) is 12.2. The van der Waals surface area contributed by atoms with E-state index in [4.69, 9.17) is 0 Å². The number of hydrogen-bond donors (Lipinski definition) is 2. The predicted octanol–water partition coefficient (Wildman–Crippen LogP) is 8.99. The summed E-state index contributed by atoms with van der Waals surface area (Å²) in [6.07, 6.45) is 28.6. The quantitative estimate of drug-likeness (QED) is 0.118. The highest BCUT2D eigenvalue weighted by Gasteiger charge is 1.97. The molecule has 0 heterocycles. The standard InChI is InChI=1S/C22H46S2/c1-2-3-4-5-6-7-8-9-10-11-12-13-14-15-16-17-18-19-20-21-22(23)24/h22-24H,2-21H2,1H3. The summed E-state index contributed by atoms with van der Waals surface area (Å²) < 4.78 is 0.288. The average Bonchev–Trinajstić information content (AvgIpc) is 2.56. The topological polar surface area (TPSA) is 0 Å². The Morgan fingerprint density at radius 1 is 0.417 bits per heavy atom. The number of hydrogen-bond acceptors (Lipinski definition) is 2. The van der Waals surface area contributed by atoms with Crippen molar-refractivity contribution in [2.75, 3.05) is 0 Å². The van der Waals surface area contributed by atoms with Crippen LogP contribution >= 0.6 is 25.3 Å². The zero-order chi connectivity index (χ0) is 17.7. The van der Waals surface area contributed by atoms with E-state index in [1.807, 2.05) is 0 Å². The smallest absolute Gasteiger partial charge is 0.0442 e. The van der Waals surface area contributed by atoms with E-state index in [-0.39, 0.29) is 4.58 Å². The van der Waals surface area contributed by atoms with Gasteiger partial charge < -0.3 is 0 Å². The van der Waals surface area contributed by atoms with Crippen LogP contribution in [0, 0.1) is 0 Å². The summed E-state index contributed by atoms with van der Waals surface area (Å²) in [5.41, 5.74) is 0. The first-order valence-electron chi connectivity index (χ1n) is 11.1. The SMILES string of the molecule is CCCCCCCCCCCCCCCCCCCCCC(S)S. The van der Waals surface area contributed by atoms with Gasteiger partial charge in [-0.3, -0.25) is 0 Å². The summed E-state index contributed by atoms with van der Waals surface area (Å²) >= 11 is 8.60. The molecule has 0 spiro atoms. The summed E-state index contributed by atoms with van der Waals surface area (Å²) in [4.78, 5) is 0. The number of thiol groups is 2. The number of rotatable bonds is 20. The molecule has 0 saturated carbocycles. The molecule has 0 aromatic rings. The highest BCUT2D eigenvalue weighted by Crippen LogP contribution is 2.16. The predicted molar refractivity (Wildman–Crippen MR) is 120 cm³/mol. The Kier molecular flexibility index (Phi) is 22.4. The fraction of sp³-hybridized carbons (Fsp3) is 1.00. The van der Waals surface area contributed by atoms with E-state index < -0.39 is 0 Å². The summed E-state index contributed by atoms with van der Waals surface area (Å²) in [6, 6.07) is 0. The van der Waals surface area contributed by atoms with Gasteiger partial charge in [0.1, 0.15) is 0 Å². The van der Waals surface area contributed by atoms with Gasteiger partial charge in [-0.1, -0.05) is 129 Å². The van der Waals surface area contributed by atoms with Crippen molar-refractivity contribution in [3.63, 3.8) is 0 Å². The molecule has 0 fully saturated rings. The zero-order valence-electron chi connectivity index (χ0n) is 16.6. The van der Waals surface area contributed by atoms with Crippen LogP contribution in [0.5, 0.6) is 0 Å². The van der Waals surface area contributed by atoms with E-state index in [0.717, 1.165) is 6.42 Å². The molecule has 0 aromatic carbocycles. The van der Waals surface area contributed by atoms with Crippen molar-refractivity contribution >= 4 is 25.3 Å². The summed E-state index contributed by atoms with van der Waals surface area (Å²) in [5, 5.41) is 0. The molecular weight excluding hydrogens is 328 g/mol. The van der Waals surface area contributed by atoms with E-state index >= 15 is 0 Å². The van der Waals surface area contributed by atoms with Gasteiger partial charge in [-0.05, 0) is 6.42 Å². The Labute approximate surface area is 165 Å². The first-order chi connectivity index (χ1) is 11.8. The van der Waals surface area contributed by atoms with Crippen LogP contribution in [0.3, 0.4) is 0 Å². The summed E-state index contributed by atoms with van der Waals surface area (Å²) in [7, 11) is 0. The maximum Gasteiger partial charge on any atom is 0.0442 e. The van der Waals surface area contributed by atoms with Crippen molar-refractivity contribution in [3.05, 3.63) is 0 Å². The van der Waals surface area contributed by atoms with Crippen LogP contribution < -0.4 is 0 Å². The molecule has 0 amide bonds. The molecule has 2 heteroatoms. The molecule has 0 saturated heterocycles. The fourth-order valence-corrected chi connectivity index (χ4v) is 3.77. The van der Waals surface area contributed by atoms with Gasteiger partial charge in [-0.2, -0.15) is 25.3 Å². The molecule has 0 aromatic heterocycles. The van der Waals surface area contributed by atoms with Gasteiger partial charge in [0.2, 0.25) is 0 Å². The van der Waals surface area contributed by atoms with Gasteiger partial charge in [-0.25, -0.2) is 0 Å². The maximum absolute atomic E-state index is 4.30. The molecule has 0 aliphatic carbocycles. The van der Waals surface area contributed by atoms with E-state index in [1.165, 1.54) is 122 Å². The first kappa shape index (κ1) is 24.7. The van der Waals surface area contributed by atoms with Gasteiger partial charge >= 0.3 is 0 Å². The van der Waals surface area contributed by atoms with Crippen molar-refractivity contribution in [1.82, 2.24) is 0 Å². The van der Waals surface area contributed by atoms with E-state index in [0.29, 0.717) is 0 Å². The second-order valence-electron chi connectivity index (χ2n) is 7.63. The monoisotopic (exact) mass is 374 g/mol. The normalized spacial score (nSPS) is 11.5. The lowest BCUT2D eigenvalue weighted by atomic mass is 10.0. The molecule has 0 atom stereocenters. The van der Waals surface area contributed by atoms with Crippen LogP contribution in [0.25, 0.3) is 0 Å². The van der Waals surface area contributed by atoms with Gasteiger partial charge in [0, 0.05) is 4.58 Å². The molecule has 24 heavy (non-hydrogen) atoms. The van der Waals surface area contributed by atoms with Gasteiger partial charge in [0.05, 0.1) is 0 Å². The maximum atomic E-state index is 4.30. The summed E-state index contributed by atoms with van der Waals surface area (Å²) in [6.45, 7) is 2.30. The van der Waals surface area contributed by atoms with Crippen LogP contribution in [0.15, 0.2) is 0 Å². The van der Waals surface area contributed by atoms with E-state index in [9.17, 15) is 0 Å². The molecule has 0 N–H and O–H groups in total. The Morgan fingerprint density at radius 2 is 0.667 bits per heavy atom. The highest BCUT2D eigenvalue weighted by molar-refractivity contribution is 7.99. The molecule has 0 aliphatic heterocycles. The van der Waals surface area contributed by atoms with Crippen molar-refractivity contribution in [2.24, 2.45) is 0 Å². The Balaban J connectivity index is 2.95.